The Balaban J connectivity index is 1.89. The zero-order valence-corrected chi connectivity index (χ0v) is 9.68. The van der Waals surface area contributed by atoms with Crippen LogP contribution in [0.3, 0.4) is 0 Å². The minimum Gasteiger partial charge on any atom is -0.357 e. The fraction of sp³-hybridized carbons (Fsp3) is 0.167. The molecule has 1 aliphatic heterocycles. The van der Waals surface area contributed by atoms with E-state index in [4.69, 9.17) is 4.74 Å². The van der Waals surface area contributed by atoms with Crippen molar-refractivity contribution in [2.24, 2.45) is 0 Å². The predicted molar refractivity (Wildman–Crippen MR) is 64.1 cm³/mol. The van der Waals surface area contributed by atoms with E-state index in [9.17, 15) is 0 Å². The highest BCUT2D eigenvalue weighted by atomic mass is 32.2. The van der Waals surface area contributed by atoms with E-state index in [0.717, 1.165) is 6.61 Å². The lowest BCUT2D eigenvalue weighted by atomic mass is 10.2. The molecule has 0 saturated heterocycles. The lowest BCUT2D eigenvalue weighted by molar-refractivity contribution is 0.0947. The molecule has 1 aromatic carbocycles. The molecule has 76 valence electrons. The van der Waals surface area contributed by atoms with Crippen molar-refractivity contribution in [2.45, 2.75) is 16.9 Å². The minimum atomic E-state index is 0.180. The number of rotatable bonds is 1. The van der Waals surface area contributed by atoms with E-state index >= 15 is 0 Å². The van der Waals surface area contributed by atoms with Gasteiger partial charge in [-0.15, -0.1) is 11.3 Å². The van der Waals surface area contributed by atoms with Gasteiger partial charge in [0.25, 0.3) is 0 Å². The van der Waals surface area contributed by atoms with E-state index in [-0.39, 0.29) is 5.44 Å². The van der Waals surface area contributed by atoms with Crippen LogP contribution in [0.25, 0.3) is 0 Å². The summed E-state index contributed by atoms with van der Waals surface area (Å²) in [6.45, 7) is 0.728. The van der Waals surface area contributed by atoms with Crippen molar-refractivity contribution < 1.29 is 4.74 Å². The van der Waals surface area contributed by atoms with E-state index in [1.165, 1.54) is 15.3 Å². The Hall–Kier alpha value is -0.770. The molecule has 1 atom stereocenters. The highest BCUT2D eigenvalue weighted by molar-refractivity contribution is 7.99. The van der Waals surface area contributed by atoms with Crippen LogP contribution in [0, 0.1) is 0 Å². The van der Waals surface area contributed by atoms with Gasteiger partial charge in [0.15, 0.2) is 0 Å². The molecular weight excluding hydrogens is 224 g/mol. The molecule has 0 bridgehead atoms. The standard InChI is InChI=1S/C12H10OS2/c1-2-5-10-9(4-1)8-13-12(15-10)11-6-3-7-14-11/h1-7,12H,8H2. The fourth-order valence-electron chi connectivity index (χ4n) is 1.62. The second-order valence-electron chi connectivity index (χ2n) is 3.38. The zero-order valence-electron chi connectivity index (χ0n) is 8.05. The normalized spacial score (nSPS) is 19.9. The van der Waals surface area contributed by atoms with Gasteiger partial charge in [0.05, 0.1) is 6.61 Å². The first-order chi connectivity index (χ1) is 7.43. The van der Waals surface area contributed by atoms with Crippen molar-refractivity contribution in [3.63, 3.8) is 0 Å². The number of ether oxygens (including phenoxy) is 1. The maximum absolute atomic E-state index is 5.82. The van der Waals surface area contributed by atoms with Crippen LogP contribution in [0.15, 0.2) is 46.7 Å². The third kappa shape index (κ3) is 1.83. The molecule has 1 unspecified atom stereocenters. The fourth-order valence-corrected chi connectivity index (χ4v) is 3.58. The Labute approximate surface area is 97.1 Å². The molecule has 0 radical (unpaired) electrons. The quantitative estimate of drug-likeness (QED) is 0.735. The first-order valence-corrected chi connectivity index (χ1v) is 6.59. The Morgan fingerprint density at radius 2 is 2.07 bits per heavy atom. The summed E-state index contributed by atoms with van der Waals surface area (Å²) in [5, 5.41) is 2.10. The molecule has 0 aliphatic carbocycles. The van der Waals surface area contributed by atoms with Crippen molar-refractivity contribution in [1.82, 2.24) is 0 Å². The molecule has 1 aromatic heterocycles. The molecule has 1 aliphatic rings. The third-order valence-corrected chi connectivity index (χ3v) is 4.69. The van der Waals surface area contributed by atoms with Gasteiger partial charge in [-0.1, -0.05) is 36.0 Å². The highest BCUT2D eigenvalue weighted by Crippen LogP contribution is 2.43. The molecule has 3 heteroatoms. The second kappa shape index (κ2) is 4.00. The second-order valence-corrected chi connectivity index (χ2v) is 5.47. The zero-order chi connectivity index (χ0) is 10.1. The van der Waals surface area contributed by atoms with Crippen molar-refractivity contribution >= 4 is 23.1 Å². The Bertz CT molecular complexity index is 450. The number of thiophene rings is 1. The van der Waals surface area contributed by atoms with Gasteiger partial charge in [-0.05, 0) is 23.1 Å². The van der Waals surface area contributed by atoms with Gasteiger partial charge in [-0.2, -0.15) is 0 Å². The maximum Gasteiger partial charge on any atom is 0.142 e. The number of benzene rings is 1. The minimum absolute atomic E-state index is 0.180. The van der Waals surface area contributed by atoms with Crippen molar-refractivity contribution in [3.05, 3.63) is 52.2 Å². The number of fused-ring (bicyclic) bond motifs is 1. The summed E-state index contributed by atoms with van der Waals surface area (Å²) in [6.07, 6.45) is 0. The molecule has 15 heavy (non-hydrogen) atoms. The van der Waals surface area contributed by atoms with Crippen LogP contribution >= 0.6 is 23.1 Å². The van der Waals surface area contributed by atoms with Crippen LogP contribution in [0.1, 0.15) is 15.9 Å². The molecule has 0 amide bonds. The SMILES string of the molecule is c1csc(C2OCc3ccccc3S2)c1. The van der Waals surface area contributed by atoms with Crippen molar-refractivity contribution in [1.29, 1.82) is 0 Å². The van der Waals surface area contributed by atoms with Gasteiger partial charge in [0, 0.05) is 9.77 Å². The highest BCUT2D eigenvalue weighted by Gasteiger charge is 2.21. The van der Waals surface area contributed by atoms with Crippen LogP contribution in [0.4, 0.5) is 0 Å². The lowest BCUT2D eigenvalue weighted by Crippen LogP contribution is -2.06. The molecule has 0 fully saturated rings. The monoisotopic (exact) mass is 234 g/mol. The topological polar surface area (TPSA) is 9.23 Å². The largest absolute Gasteiger partial charge is 0.357 e. The number of thioether (sulfide) groups is 1. The van der Waals surface area contributed by atoms with Gasteiger partial charge in [-0.25, -0.2) is 0 Å². The molecule has 0 saturated carbocycles. The molecule has 2 aromatic rings. The van der Waals surface area contributed by atoms with Crippen LogP contribution in [-0.2, 0) is 11.3 Å². The van der Waals surface area contributed by atoms with E-state index in [1.54, 1.807) is 23.1 Å². The summed E-state index contributed by atoms with van der Waals surface area (Å²) in [7, 11) is 0. The maximum atomic E-state index is 5.82. The third-order valence-electron chi connectivity index (χ3n) is 2.37. The first-order valence-electron chi connectivity index (χ1n) is 4.83. The average Bonchev–Trinajstić information content (AvgIpc) is 2.82. The number of hydrogen-bond donors (Lipinski definition) is 0. The summed E-state index contributed by atoms with van der Waals surface area (Å²) in [6, 6.07) is 12.7. The Morgan fingerprint density at radius 1 is 1.13 bits per heavy atom. The summed E-state index contributed by atoms with van der Waals surface area (Å²) in [5.74, 6) is 0. The van der Waals surface area contributed by atoms with Gasteiger partial charge in [-0.3, -0.25) is 0 Å². The van der Waals surface area contributed by atoms with Crippen LogP contribution < -0.4 is 0 Å². The summed E-state index contributed by atoms with van der Waals surface area (Å²) in [5.41, 5.74) is 1.48. The van der Waals surface area contributed by atoms with Gasteiger partial charge >= 0.3 is 0 Å². The van der Waals surface area contributed by atoms with Crippen LogP contribution in [0.5, 0.6) is 0 Å². The van der Waals surface area contributed by atoms with Crippen LogP contribution in [-0.4, -0.2) is 0 Å². The van der Waals surface area contributed by atoms with E-state index in [1.807, 2.05) is 0 Å². The molecule has 2 heterocycles. The van der Waals surface area contributed by atoms with Gasteiger partial charge in [0.1, 0.15) is 5.44 Å². The van der Waals surface area contributed by atoms with Crippen molar-refractivity contribution in [3.8, 4) is 0 Å². The van der Waals surface area contributed by atoms with Gasteiger partial charge in [0.2, 0.25) is 0 Å². The molecular formula is C12H10OS2. The molecule has 0 spiro atoms. The predicted octanol–water partition coefficient (Wildman–Crippen LogP) is 4.07. The van der Waals surface area contributed by atoms with Crippen molar-refractivity contribution in [2.75, 3.05) is 0 Å². The van der Waals surface area contributed by atoms with E-state index in [2.05, 4.69) is 41.8 Å². The molecule has 1 nitrogen and oxygen atoms in total. The number of hydrogen-bond acceptors (Lipinski definition) is 3. The Kier molecular flexibility index (Phi) is 2.52. The van der Waals surface area contributed by atoms with Crippen LogP contribution in [0.2, 0.25) is 0 Å². The molecule has 0 N–H and O–H groups in total. The summed E-state index contributed by atoms with van der Waals surface area (Å²) in [4.78, 5) is 2.65. The van der Waals surface area contributed by atoms with E-state index < -0.39 is 0 Å². The smallest absolute Gasteiger partial charge is 0.142 e. The summed E-state index contributed by atoms with van der Waals surface area (Å²) < 4.78 is 5.82. The van der Waals surface area contributed by atoms with Gasteiger partial charge < -0.3 is 4.74 Å². The molecule has 3 rings (SSSR count). The average molecular weight is 234 g/mol. The first kappa shape index (κ1) is 9.46. The lowest BCUT2D eigenvalue weighted by Gasteiger charge is -2.23. The Morgan fingerprint density at radius 3 is 2.93 bits per heavy atom. The van der Waals surface area contributed by atoms with E-state index in [0.29, 0.717) is 0 Å². The summed E-state index contributed by atoms with van der Waals surface area (Å²) >= 11 is 3.56.